The molecule has 0 spiro atoms. The van der Waals surface area contributed by atoms with Gasteiger partial charge >= 0.3 is 0 Å². The Hall–Kier alpha value is -2.63. The van der Waals surface area contributed by atoms with E-state index in [0.717, 1.165) is 25.7 Å². The molecule has 0 amide bonds. The van der Waals surface area contributed by atoms with Crippen LogP contribution in [0.3, 0.4) is 0 Å². The van der Waals surface area contributed by atoms with Crippen molar-refractivity contribution < 1.29 is 22.6 Å². The van der Waals surface area contributed by atoms with Crippen LogP contribution in [-0.2, 0) is 15.9 Å². The highest BCUT2D eigenvalue weighted by atomic mass is 19.2. The molecule has 0 atom stereocenters. The number of rotatable bonds is 8. The van der Waals surface area contributed by atoms with Crippen LogP contribution in [0.15, 0.2) is 54.6 Å². The van der Waals surface area contributed by atoms with Crippen molar-refractivity contribution >= 4 is 0 Å². The maximum Gasteiger partial charge on any atom is 0.183 e. The Morgan fingerprint density at radius 1 is 0.765 bits per heavy atom. The highest BCUT2D eigenvalue weighted by Gasteiger charge is 2.22. The lowest BCUT2D eigenvalue weighted by Gasteiger charge is -2.27. The van der Waals surface area contributed by atoms with Crippen LogP contribution in [0.1, 0.15) is 56.9 Å². The third-order valence-corrected chi connectivity index (χ3v) is 6.30. The summed E-state index contributed by atoms with van der Waals surface area (Å²) in [6.45, 7) is 5.30. The molecule has 1 fully saturated rings. The zero-order valence-corrected chi connectivity index (χ0v) is 19.8. The van der Waals surface area contributed by atoms with Crippen LogP contribution in [0, 0.1) is 23.4 Å². The molecule has 0 unspecified atom stereocenters. The Bertz CT molecular complexity index is 1100. The molecular weight excluding hydrogens is 437 g/mol. The van der Waals surface area contributed by atoms with Gasteiger partial charge < -0.3 is 9.47 Å². The number of aryl methyl sites for hydroxylation is 1. The van der Waals surface area contributed by atoms with Crippen LogP contribution in [-0.4, -0.2) is 13.2 Å². The number of hydrogen-bond acceptors (Lipinski definition) is 2. The van der Waals surface area contributed by atoms with E-state index in [0.29, 0.717) is 53.4 Å². The molecule has 0 bridgehead atoms. The number of halogens is 3. The van der Waals surface area contributed by atoms with E-state index in [1.807, 2.05) is 6.92 Å². The number of benzene rings is 3. The first-order valence-corrected chi connectivity index (χ1v) is 12.1. The van der Waals surface area contributed by atoms with Gasteiger partial charge in [0, 0.05) is 22.6 Å². The Labute approximate surface area is 199 Å². The van der Waals surface area contributed by atoms with Crippen LogP contribution < -0.4 is 0 Å². The van der Waals surface area contributed by atoms with Crippen molar-refractivity contribution in [2.24, 2.45) is 5.92 Å². The van der Waals surface area contributed by atoms with Crippen molar-refractivity contribution in [1.82, 2.24) is 0 Å². The maximum absolute atomic E-state index is 14.9. The van der Waals surface area contributed by atoms with Crippen LogP contribution >= 0.6 is 0 Å². The van der Waals surface area contributed by atoms with E-state index < -0.39 is 17.9 Å². The molecular formula is C29H31F3O2. The SMILES string of the molecule is CCCCCCc1ccc(-c2ccc(-c3ccc(C4OCC(C)CO4)cc3F)cc2)c(F)c1F. The van der Waals surface area contributed by atoms with Crippen molar-refractivity contribution in [1.29, 1.82) is 0 Å². The minimum atomic E-state index is -0.835. The van der Waals surface area contributed by atoms with Crippen molar-refractivity contribution in [3.05, 3.63) is 83.2 Å². The van der Waals surface area contributed by atoms with Gasteiger partial charge in [0.1, 0.15) is 5.82 Å². The van der Waals surface area contributed by atoms with Gasteiger partial charge in [-0.3, -0.25) is 0 Å². The van der Waals surface area contributed by atoms with Gasteiger partial charge in [-0.1, -0.05) is 81.6 Å². The summed E-state index contributed by atoms with van der Waals surface area (Å²) in [6, 6.07) is 15.0. The van der Waals surface area contributed by atoms with Crippen LogP contribution in [0.5, 0.6) is 0 Å². The number of hydrogen-bond donors (Lipinski definition) is 0. The molecule has 2 nitrogen and oxygen atoms in total. The van der Waals surface area contributed by atoms with Gasteiger partial charge in [-0.15, -0.1) is 0 Å². The fourth-order valence-electron chi connectivity index (χ4n) is 4.28. The molecule has 0 aliphatic carbocycles. The lowest BCUT2D eigenvalue weighted by Crippen LogP contribution is -2.25. The lowest BCUT2D eigenvalue weighted by molar-refractivity contribution is -0.202. The van der Waals surface area contributed by atoms with Gasteiger partial charge in [-0.25, -0.2) is 13.2 Å². The summed E-state index contributed by atoms with van der Waals surface area (Å²) in [5.74, 6) is -1.68. The zero-order valence-electron chi connectivity index (χ0n) is 19.8. The highest BCUT2D eigenvalue weighted by molar-refractivity contribution is 5.71. The monoisotopic (exact) mass is 468 g/mol. The standard InChI is InChI=1S/C29H31F3O2/c1-3-4-5-6-7-22-12-15-25(28(32)27(22)31)21-10-8-20(9-11-21)24-14-13-23(16-26(24)30)29-33-17-19(2)18-34-29/h8-16,19,29H,3-7,17-18H2,1-2H3. The van der Waals surface area contributed by atoms with E-state index in [9.17, 15) is 13.2 Å². The number of ether oxygens (including phenoxy) is 2. The quantitative estimate of drug-likeness (QED) is 0.310. The Balaban J connectivity index is 1.49. The maximum atomic E-state index is 14.9. The summed E-state index contributed by atoms with van der Waals surface area (Å²) in [6.07, 6.45) is 4.03. The van der Waals surface area contributed by atoms with Gasteiger partial charge in [0.25, 0.3) is 0 Å². The van der Waals surface area contributed by atoms with Crippen molar-refractivity contribution in [2.75, 3.05) is 13.2 Å². The van der Waals surface area contributed by atoms with Gasteiger partial charge in [0.2, 0.25) is 0 Å². The molecule has 4 rings (SSSR count). The van der Waals surface area contributed by atoms with Crippen LogP contribution in [0.4, 0.5) is 13.2 Å². The molecule has 3 aromatic rings. The second kappa shape index (κ2) is 11.2. The van der Waals surface area contributed by atoms with E-state index in [1.54, 1.807) is 48.5 Å². The molecule has 0 aromatic heterocycles. The second-order valence-corrected chi connectivity index (χ2v) is 9.13. The fourth-order valence-corrected chi connectivity index (χ4v) is 4.28. The van der Waals surface area contributed by atoms with Gasteiger partial charge in [-0.2, -0.15) is 0 Å². The average Bonchev–Trinajstić information content (AvgIpc) is 2.85. The fraction of sp³-hybridized carbons (Fsp3) is 0.379. The van der Waals surface area contributed by atoms with Crippen molar-refractivity contribution in [3.63, 3.8) is 0 Å². The normalized spacial score (nSPS) is 18.3. The topological polar surface area (TPSA) is 18.5 Å². The largest absolute Gasteiger partial charge is 0.348 e. The second-order valence-electron chi connectivity index (χ2n) is 9.13. The molecule has 0 saturated carbocycles. The predicted molar refractivity (Wildman–Crippen MR) is 129 cm³/mol. The summed E-state index contributed by atoms with van der Waals surface area (Å²) in [5.41, 5.74) is 2.88. The van der Waals surface area contributed by atoms with E-state index in [-0.39, 0.29) is 11.4 Å². The summed E-state index contributed by atoms with van der Waals surface area (Å²) >= 11 is 0. The molecule has 0 radical (unpaired) electrons. The Morgan fingerprint density at radius 2 is 1.41 bits per heavy atom. The molecule has 0 N–H and O–H groups in total. The minimum absolute atomic E-state index is 0.206. The Kier molecular flexibility index (Phi) is 8.07. The predicted octanol–water partition coefficient (Wildman–Crippen LogP) is 8.24. The summed E-state index contributed by atoms with van der Waals surface area (Å²) in [5, 5.41) is 0. The third kappa shape index (κ3) is 5.53. The number of unbranched alkanes of at least 4 members (excludes halogenated alkanes) is 3. The lowest BCUT2D eigenvalue weighted by atomic mass is 9.97. The first kappa shape index (κ1) is 24.5. The minimum Gasteiger partial charge on any atom is -0.348 e. The van der Waals surface area contributed by atoms with E-state index in [1.165, 1.54) is 6.07 Å². The molecule has 1 saturated heterocycles. The van der Waals surface area contributed by atoms with E-state index in [2.05, 4.69) is 6.92 Å². The summed E-state index contributed by atoms with van der Waals surface area (Å²) in [7, 11) is 0. The van der Waals surface area contributed by atoms with Gasteiger partial charge in [-0.05, 0) is 35.6 Å². The first-order chi connectivity index (χ1) is 16.5. The molecule has 5 heteroatoms. The molecule has 3 aromatic carbocycles. The molecule has 180 valence electrons. The van der Waals surface area contributed by atoms with Gasteiger partial charge in [0.05, 0.1) is 13.2 Å². The molecule has 1 aliphatic heterocycles. The summed E-state index contributed by atoms with van der Waals surface area (Å²) in [4.78, 5) is 0. The third-order valence-electron chi connectivity index (χ3n) is 6.30. The van der Waals surface area contributed by atoms with Gasteiger partial charge in [0.15, 0.2) is 17.9 Å². The molecule has 1 heterocycles. The van der Waals surface area contributed by atoms with Crippen LogP contribution in [0.25, 0.3) is 22.3 Å². The van der Waals surface area contributed by atoms with Crippen molar-refractivity contribution in [3.8, 4) is 22.3 Å². The molecule has 34 heavy (non-hydrogen) atoms. The summed E-state index contributed by atoms with van der Waals surface area (Å²) < 4.78 is 55.6. The highest BCUT2D eigenvalue weighted by Crippen LogP contribution is 2.32. The van der Waals surface area contributed by atoms with Crippen LogP contribution in [0.2, 0.25) is 0 Å². The Morgan fingerprint density at radius 3 is 2.06 bits per heavy atom. The van der Waals surface area contributed by atoms with E-state index in [4.69, 9.17) is 9.47 Å². The van der Waals surface area contributed by atoms with E-state index >= 15 is 0 Å². The zero-order chi connectivity index (χ0) is 24.1. The molecule has 1 aliphatic rings. The van der Waals surface area contributed by atoms with Crippen molar-refractivity contribution in [2.45, 2.75) is 52.2 Å². The first-order valence-electron chi connectivity index (χ1n) is 12.1. The smallest absolute Gasteiger partial charge is 0.183 e. The average molecular weight is 469 g/mol.